The van der Waals surface area contributed by atoms with Gasteiger partial charge in [0.2, 0.25) is 0 Å². The van der Waals surface area contributed by atoms with Gasteiger partial charge in [-0.1, -0.05) is 17.5 Å². The summed E-state index contributed by atoms with van der Waals surface area (Å²) in [4.78, 5) is 0. The molecule has 1 heterocycles. The highest BCUT2D eigenvalue weighted by Gasteiger charge is 2.08. The zero-order valence-electron chi connectivity index (χ0n) is 11.6. The van der Waals surface area contributed by atoms with Crippen molar-refractivity contribution in [3.05, 3.63) is 35.0 Å². The second kappa shape index (κ2) is 6.52. The lowest BCUT2D eigenvalue weighted by molar-refractivity contribution is 0.301. The van der Waals surface area contributed by atoms with E-state index in [0.29, 0.717) is 6.61 Å². The van der Waals surface area contributed by atoms with Crippen LogP contribution in [-0.4, -0.2) is 16.1 Å². The maximum absolute atomic E-state index is 5.77. The molecule has 0 aliphatic carbocycles. The first-order valence-electron chi connectivity index (χ1n) is 6.46. The molecular weight excluding hydrogens is 258 g/mol. The van der Waals surface area contributed by atoms with Gasteiger partial charge in [0.15, 0.2) is 0 Å². The lowest BCUT2D eigenvalue weighted by Crippen LogP contribution is -2.03. The van der Waals surface area contributed by atoms with E-state index in [1.54, 1.807) is 0 Å². The Morgan fingerprint density at radius 2 is 2.11 bits per heavy atom. The third-order valence-corrected chi connectivity index (χ3v) is 3.67. The molecule has 0 unspecified atom stereocenters. The molecule has 4 nitrogen and oxygen atoms in total. The van der Waals surface area contributed by atoms with Crippen molar-refractivity contribution in [3.8, 4) is 5.75 Å². The Bertz CT molecular complexity index is 539. The Hall–Kier alpha value is -1.62. The first kappa shape index (κ1) is 13.8. The van der Waals surface area contributed by atoms with Crippen LogP contribution in [0.2, 0.25) is 0 Å². The van der Waals surface area contributed by atoms with Gasteiger partial charge in [-0.15, -0.1) is 5.10 Å². The smallest absolute Gasteiger partial charge is 0.136 e. The van der Waals surface area contributed by atoms with Crippen molar-refractivity contribution >= 4 is 16.5 Å². The van der Waals surface area contributed by atoms with E-state index in [9.17, 15) is 0 Å². The molecule has 0 radical (unpaired) electrons. The maximum atomic E-state index is 5.77. The van der Waals surface area contributed by atoms with Crippen LogP contribution in [0.3, 0.4) is 0 Å². The van der Waals surface area contributed by atoms with Gasteiger partial charge in [0, 0.05) is 18.1 Å². The summed E-state index contributed by atoms with van der Waals surface area (Å²) in [6.45, 7) is 7.69. The molecule has 0 amide bonds. The molecule has 2 rings (SSSR count). The topological polar surface area (TPSA) is 47.0 Å². The van der Waals surface area contributed by atoms with Gasteiger partial charge < -0.3 is 10.1 Å². The Morgan fingerprint density at radius 3 is 2.84 bits per heavy atom. The Kier molecular flexibility index (Phi) is 4.74. The third kappa shape index (κ3) is 3.67. The molecule has 2 aromatic rings. The zero-order chi connectivity index (χ0) is 13.7. The van der Waals surface area contributed by atoms with Crippen molar-refractivity contribution < 1.29 is 4.74 Å². The summed E-state index contributed by atoms with van der Waals surface area (Å²) in [6, 6.07) is 6.11. The fourth-order valence-electron chi connectivity index (χ4n) is 1.63. The maximum Gasteiger partial charge on any atom is 0.136 e. The van der Waals surface area contributed by atoms with E-state index in [4.69, 9.17) is 4.74 Å². The second-order valence-electron chi connectivity index (χ2n) is 4.51. The fourth-order valence-corrected chi connectivity index (χ4v) is 2.22. The number of hydrogen-bond donors (Lipinski definition) is 1. The van der Waals surface area contributed by atoms with E-state index in [-0.39, 0.29) is 0 Å². The van der Waals surface area contributed by atoms with Crippen molar-refractivity contribution in [2.45, 2.75) is 33.8 Å². The van der Waals surface area contributed by atoms with Crippen molar-refractivity contribution in [1.29, 1.82) is 0 Å². The van der Waals surface area contributed by atoms with Gasteiger partial charge in [0.05, 0.1) is 0 Å². The molecule has 0 aliphatic heterocycles. The number of anilines is 1. The Balaban J connectivity index is 1.98. The average molecular weight is 277 g/mol. The molecule has 0 spiro atoms. The number of rotatable bonds is 6. The highest BCUT2D eigenvalue weighted by atomic mass is 32.1. The lowest BCUT2D eigenvalue weighted by atomic mass is 10.1. The third-order valence-electron chi connectivity index (χ3n) is 2.95. The minimum Gasteiger partial charge on any atom is -0.487 e. The molecule has 19 heavy (non-hydrogen) atoms. The molecular formula is C14H19N3OS. The van der Waals surface area contributed by atoms with Crippen LogP contribution in [0.1, 0.15) is 30.2 Å². The molecule has 1 N–H and O–H groups in total. The molecule has 0 fully saturated rings. The van der Waals surface area contributed by atoms with Gasteiger partial charge >= 0.3 is 0 Å². The number of aryl methyl sites for hydroxylation is 2. The standard InChI is InChI=1S/C14H19N3OS/c1-4-7-15-14-13(16-17-19-14)9-18-12-6-5-10(2)11(3)8-12/h5-6,8,15H,4,7,9H2,1-3H3. The first-order valence-corrected chi connectivity index (χ1v) is 7.23. The van der Waals surface area contributed by atoms with Gasteiger partial charge in [-0.05, 0) is 43.5 Å². The highest BCUT2D eigenvalue weighted by molar-refractivity contribution is 7.10. The molecule has 1 aromatic carbocycles. The largest absolute Gasteiger partial charge is 0.487 e. The quantitative estimate of drug-likeness (QED) is 0.877. The van der Waals surface area contributed by atoms with Crippen LogP contribution < -0.4 is 10.1 Å². The summed E-state index contributed by atoms with van der Waals surface area (Å²) in [7, 11) is 0. The van der Waals surface area contributed by atoms with Crippen molar-refractivity contribution in [1.82, 2.24) is 9.59 Å². The summed E-state index contributed by atoms with van der Waals surface area (Å²) in [5, 5.41) is 8.42. The number of nitrogens with zero attached hydrogens (tertiary/aromatic N) is 2. The Morgan fingerprint density at radius 1 is 1.26 bits per heavy atom. The normalized spacial score (nSPS) is 10.5. The first-order chi connectivity index (χ1) is 9.20. The van der Waals surface area contributed by atoms with Gasteiger partial charge in [0.1, 0.15) is 23.1 Å². The summed E-state index contributed by atoms with van der Waals surface area (Å²) in [6.07, 6.45) is 1.08. The minimum atomic E-state index is 0.449. The summed E-state index contributed by atoms with van der Waals surface area (Å²) in [5.74, 6) is 0.873. The number of aromatic nitrogens is 2. The van der Waals surface area contributed by atoms with Gasteiger partial charge in [-0.3, -0.25) is 0 Å². The fraction of sp³-hybridized carbons (Fsp3) is 0.429. The van der Waals surface area contributed by atoms with Crippen molar-refractivity contribution in [2.24, 2.45) is 0 Å². The molecule has 0 saturated carbocycles. The van der Waals surface area contributed by atoms with Crippen LogP contribution >= 0.6 is 11.5 Å². The van der Waals surface area contributed by atoms with E-state index in [1.807, 2.05) is 12.1 Å². The molecule has 0 atom stereocenters. The molecule has 1 aromatic heterocycles. The van der Waals surface area contributed by atoms with Gasteiger partial charge in [-0.2, -0.15) is 0 Å². The van der Waals surface area contributed by atoms with Crippen LogP contribution in [0.5, 0.6) is 5.75 Å². The highest BCUT2D eigenvalue weighted by Crippen LogP contribution is 2.21. The van der Waals surface area contributed by atoms with E-state index in [1.165, 1.54) is 22.7 Å². The Labute approximate surface area is 118 Å². The van der Waals surface area contributed by atoms with Crippen molar-refractivity contribution in [3.63, 3.8) is 0 Å². The van der Waals surface area contributed by atoms with Gasteiger partial charge in [0.25, 0.3) is 0 Å². The number of ether oxygens (including phenoxy) is 1. The predicted octanol–water partition coefficient (Wildman–Crippen LogP) is 3.56. The van der Waals surface area contributed by atoms with Crippen LogP contribution in [-0.2, 0) is 6.61 Å². The van der Waals surface area contributed by atoms with Crippen LogP contribution in [0.25, 0.3) is 0 Å². The van der Waals surface area contributed by atoms with Crippen LogP contribution in [0.15, 0.2) is 18.2 Å². The lowest BCUT2D eigenvalue weighted by Gasteiger charge is -2.08. The van der Waals surface area contributed by atoms with E-state index < -0.39 is 0 Å². The number of nitrogens with one attached hydrogen (secondary N) is 1. The average Bonchev–Trinajstić information content (AvgIpc) is 2.85. The molecule has 0 aliphatic rings. The minimum absolute atomic E-state index is 0.449. The zero-order valence-corrected chi connectivity index (χ0v) is 12.4. The summed E-state index contributed by atoms with van der Waals surface area (Å²) >= 11 is 1.38. The monoisotopic (exact) mass is 277 g/mol. The van der Waals surface area contributed by atoms with E-state index in [2.05, 4.69) is 41.7 Å². The number of hydrogen-bond acceptors (Lipinski definition) is 5. The van der Waals surface area contributed by atoms with Crippen LogP contribution in [0.4, 0.5) is 5.00 Å². The van der Waals surface area contributed by atoms with E-state index in [0.717, 1.165) is 29.4 Å². The molecule has 0 saturated heterocycles. The summed E-state index contributed by atoms with van der Waals surface area (Å²) < 4.78 is 9.74. The SMILES string of the molecule is CCCNc1snnc1COc1ccc(C)c(C)c1. The summed E-state index contributed by atoms with van der Waals surface area (Å²) in [5.41, 5.74) is 3.38. The van der Waals surface area contributed by atoms with Crippen molar-refractivity contribution in [2.75, 3.05) is 11.9 Å². The van der Waals surface area contributed by atoms with E-state index >= 15 is 0 Å². The predicted molar refractivity (Wildman–Crippen MR) is 78.9 cm³/mol. The molecule has 0 bridgehead atoms. The molecule has 5 heteroatoms. The van der Waals surface area contributed by atoms with Crippen LogP contribution in [0, 0.1) is 13.8 Å². The molecule has 102 valence electrons. The van der Waals surface area contributed by atoms with Gasteiger partial charge in [-0.25, -0.2) is 0 Å². The number of benzene rings is 1. The second-order valence-corrected chi connectivity index (χ2v) is 5.26.